The molecule has 2 heterocycles. The van der Waals surface area contributed by atoms with E-state index in [0.29, 0.717) is 49.6 Å². The maximum absolute atomic E-state index is 14.5. The monoisotopic (exact) mass is 464 g/mol. The molecule has 34 heavy (non-hydrogen) atoms. The van der Waals surface area contributed by atoms with Gasteiger partial charge in [0, 0.05) is 50.1 Å². The van der Waals surface area contributed by atoms with E-state index in [1.54, 1.807) is 18.2 Å². The van der Waals surface area contributed by atoms with Crippen molar-refractivity contribution in [3.8, 4) is 6.07 Å². The average molecular weight is 465 g/mol. The minimum Gasteiger partial charge on any atom is -0.368 e. The quantitative estimate of drug-likeness (QED) is 0.732. The third-order valence-corrected chi connectivity index (χ3v) is 6.58. The van der Waals surface area contributed by atoms with Gasteiger partial charge in [-0.15, -0.1) is 0 Å². The highest BCUT2D eigenvalue weighted by Crippen LogP contribution is 2.25. The van der Waals surface area contributed by atoms with E-state index in [9.17, 15) is 14.0 Å². The Hall–Kier alpha value is -3.28. The number of nitrogens with one attached hydrogen (secondary N) is 1. The minimum atomic E-state index is -0.429. The zero-order valence-electron chi connectivity index (χ0n) is 19.5. The standard InChI is InChI=1S/C26H29FN4O3/c1-17-15-30(8-9-31(17)26(33)24-7-4-10-34-24)16-21-12-22(27)13-23(18(21)2)29-25(32)20-6-3-5-19(11-20)14-28/h3,5-6,11-13,17,24H,4,7-10,15-16H2,1-2H3,(H,29,32)/t17-,24?/m0/s1. The molecule has 2 amide bonds. The lowest BCUT2D eigenvalue weighted by Gasteiger charge is -2.41. The average Bonchev–Trinajstić information content (AvgIpc) is 3.37. The molecule has 0 saturated carbocycles. The van der Waals surface area contributed by atoms with Gasteiger partial charge in [0.05, 0.1) is 11.6 Å². The summed E-state index contributed by atoms with van der Waals surface area (Å²) < 4.78 is 20.0. The first-order chi connectivity index (χ1) is 16.4. The number of carbonyl (C=O) groups excluding carboxylic acids is 2. The predicted molar refractivity (Wildman–Crippen MR) is 126 cm³/mol. The second kappa shape index (κ2) is 10.3. The van der Waals surface area contributed by atoms with Crippen molar-refractivity contribution < 1.29 is 18.7 Å². The molecule has 0 radical (unpaired) electrons. The summed E-state index contributed by atoms with van der Waals surface area (Å²) in [5, 5.41) is 11.8. The molecule has 4 rings (SSSR count). The van der Waals surface area contributed by atoms with Gasteiger partial charge in [-0.2, -0.15) is 5.26 Å². The van der Waals surface area contributed by atoms with Crippen LogP contribution in [0.5, 0.6) is 0 Å². The number of anilines is 1. The Bertz CT molecular complexity index is 1120. The molecule has 1 N–H and O–H groups in total. The van der Waals surface area contributed by atoms with E-state index >= 15 is 0 Å². The van der Waals surface area contributed by atoms with Crippen LogP contribution in [0, 0.1) is 24.1 Å². The first-order valence-corrected chi connectivity index (χ1v) is 11.6. The van der Waals surface area contributed by atoms with Crippen LogP contribution in [0.2, 0.25) is 0 Å². The van der Waals surface area contributed by atoms with Gasteiger partial charge in [0.1, 0.15) is 11.9 Å². The smallest absolute Gasteiger partial charge is 0.255 e. The Labute approximate surface area is 199 Å². The molecule has 178 valence electrons. The zero-order chi connectivity index (χ0) is 24.2. The number of nitrogens with zero attached hydrogens (tertiary/aromatic N) is 3. The van der Waals surface area contributed by atoms with Gasteiger partial charge < -0.3 is 15.0 Å². The molecular formula is C26H29FN4O3. The SMILES string of the molecule is Cc1c(CN2CCN(C(=O)C3CCCO3)[C@@H](C)C2)cc(F)cc1NC(=O)c1cccc(C#N)c1. The molecular weight excluding hydrogens is 435 g/mol. The molecule has 2 aromatic carbocycles. The molecule has 0 aliphatic carbocycles. The number of halogens is 1. The van der Waals surface area contributed by atoms with Gasteiger partial charge in [-0.25, -0.2) is 4.39 Å². The summed E-state index contributed by atoms with van der Waals surface area (Å²) in [7, 11) is 0. The number of benzene rings is 2. The van der Waals surface area contributed by atoms with Gasteiger partial charge in [0.15, 0.2) is 0 Å². The molecule has 0 spiro atoms. The third-order valence-electron chi connectivity index (χ3n) is 6.58. The van der Waals surface area contributed by atoms with Crippen LogP contribution in [-0.2, 0) is 16.1 Å². The lowest BCUT2D eigenvalue weighted by Crippen LogP contribution is -2.55. The Morgan fingerprint density at radius 3 is 2.79 bits per heavy atom. The normalized spacial score (nSPS) is 20.7. The number of hydrogen-bond donors (Lipinski definition) is 1. The van der Waals surface area contributed by atoms with Crippen LogP contribution in [-0.4, -0.2) is 60.0 Å². The molecule has 2 aliphatic rings. The van der Waals surface area contributed by atoms with Gasteiger partial charge in [-0.3, -0.25) is 14.5 Å². The molecule has 1 unspecified atom stereocenters. The summed E-state index contributed by atoms with van der Waals surface area (Å²) in [5.74, 6) is -0.759. The zero-order valence-corrected chi connectivity index (χ0v) is 19.5. The second-order valence-electron chi connectivity index (χ2n) is 9.00. The van der Waals surface area contributed by atoms with Gasteiger partial charge in [0.2, 0.25) is 0 Å². The fourth-order valence-corrected chi connectivity index (χ4v) is 4.66. The van der Waals surface area contributed by atoms with Crippen molar-refractivity contribution in [1.82, 2.24) is 9.80 Å². The molecule has 2 aromatic rings. The molecule has 0 aromatic heterocycles. The van der Waals surface area contributed by atoms with Crippen LogP contribution < -0.4 is 5.32 Å². The Morgan fingerprint density at radius 1 is 1.26 bits per heavy atom. The maximum atomic E-state index is 14.5. The second-order valence-corrected chi connectivity index (χ2v) is 9.00. The number of piperazine rings is 1. The van der Waals surface area contributed by atoms with Crippen molar-refractivity contribution in [2.75, 3.05) is 31.6 Å². The molecule has 2 atom stereocenters. The first-order valence-electron chi connectivity index (χ1n) is 11.6. The third kappa shape index (κ3) is 5.27. The van der Waals surface area contributed by atoms with E-state index in [1.807, 2.05) is 24.8 Å². The highest BCUT2D eigenvalue weighted by Gasteiger charge is 2.34. The lowest BCUT2D eigenvalue weighted by molar-refractivity contribution is -0.145. The molecule has 2 aliphatic heterocycles. The highest BCUT2D eigenvalue weighted by molar-refractivity contribution is 6.04. The Balaban J connectivity index is 1.43. The van der Waals surface area contributed by atoms with Crippen molar-refractivity contribution in [2.24, 2.45) is 0 Å². The Kier molecular flexibility index (Phi) is 7.25. The van der Waals surface area contributed by atoms with E-state index in [1.165, 1.54) is 18.2 Å². The van der Waals surface area contributed by atoms with E-state index in [-0.39, 0.29) is 18.1 Å². The summed E-state index contributed by atoms with van der Waals surface area (Å²) in [4.78, 5) is 29.5. The van der Waals surface area contributed by atoms with Crippen molar-refractivity contribution in [1.29, 1.82) is 5.26 Å². The first kappa shape index (κ1) is 23.9. The summed E-state index contributed by atoms with van der Waals surface area (Å²) in [6.45, 7) is 7.01. The number of nitriles is 1. The summed E-state index contributed by atoms with van der Waals surface area (Å²) >= 11 is 0. The molecule has 7 nitrogen and oxygen atoms in total. The van der Waals surface area contributed by atoms with Crippen molar-refractivity contribution in [3.05, 3.63) is 64.5 Å². The number of carbonyl (C=O) groups is 2. The van der Waals surface area contributed by atoms with Crippen LogP contribution in [0.1, 0.15) is 46.8 Å². The van der Waals surface area contributed by atoms with Gasteiger partial charge >= 0.3 is 0 Å². The summed E-state index contributed by atoms with van der Waals surface area (Å²) in [6, 6.07) is 11.2. The van der Waals surface area contributed by atoms with Gasteiger partial charge in [-0.1, -0.05) is 6.07 Å². The number of amides is 2. The molecule has 2 fully saturated rings. The highest BCUT2D eigenvalue weighted by atomic mass is 19.1. The largest absolute Gasteiger partial charge is 0.368 e. The molecule has 0 bridgehead atoms. The van der Waals surface area contributed by atoms with Gasteiger partial charge in [0.25, 0.3) is 11.8 Å². The van der Waals surface area contributed by atoms with Crippen LogP contribution in [0.25, 0.3) is 0 Å². The van der Waals surface area contributed by atoms with E-state index in [2.05, 4.69) is 10.2 Å². The van der Waals surface area contributed by atoms with Crippen molar-refractivity contribution in [2.45, 2.75) is 45.4 Å². The number of rotatable bonds is 5. The van der Waals surface area contributed by atoms with Gasteiger partial charge in [-0.05, 0) is 68.1 Å². The van der Waals surface area contributed by atoms with E-state index in [4.69, 9.17) is 10.00 Å². The molecule has 8 heteroatoms. The maximum Gasteiger partial charge on any atom is 0.255 e. The topological polar surface area (TPSA) is 85.7 Å². The fraction of sp³-hybridized carbons (Fsp3) is 0.423. The number of hydrogen-bond acceptors (Lipinski definition) is 5. The van der Waals surface area contributed by atoms with Crippen LogP contribution in [0.3, 0.4) is 0 Å². The Morgan fingerprint density at radius 2 is 2.09 bits per heavy atom. The van der Waals surface area contributed by atoms with Crippen molar-refractivity contribution >= 4 is 17.5 Å². The van der Waals surface area contributed by atoms with E-state index in [0.717, 1.165) is 24.0 Å². The van der Waals surface area contributed by atoms with Crippen LogP contribution >= 0.6 is 0 Å². The van der Waals surface area contributed by atoms with Crippen LogP contribution in [0.4, 0.5) is 10.1 Å². The summed E-state index contributed by atoms with van der Waals surface area (Å²) in [6.07, 6.45) is 1.38. The fourth-order valence-electron chi connectivity index (χ4n) is 4.66. The minimum absolute atomic E-state index is 0.0332. The number of ether oxygens (including phenoxy) is 1. The summed E-state index contributed by atoms with van der Waals surface area (Å²) in [5.41, 5.74) is 2.70. The lowest BCUT2D eigenvalue weighted by atomic mass is 10.0. The molecule has 2 saturated heterocycles. The van der Waals surface area contributed by atoms with Crippen LogP contribution in [0.15, 0.2) is 36.4 Å². The van der Waals surface area contributed by atoms with E-state index < -0.39 is 11.7 Å². The predicted octanol–water partition coefficient (Wildman–Crippen LogP) is 3.47. The van der Waals surface area contributed by atoms with Crippen molar-refractivity contribution in [3.63, 3.8) is 0 Å².